The summed E-state index contributed by atoms with van der Waals surface area (Å²) in [6, 6.07) is 12.2. The lowest BCUT2D eigenvalue weighted by Crippen LogP contribution is -2.26. The van der Waals surface area contributed by atoms with Gasteiger partial charge in [-0.25, -0.2) is 0 Å². The van der Waals surface area contributed by atoms with E-state index in [1.165, 1.54) is 12.1 Å². The van der Waals surface area contributed by atoms with E-state index < -0.39 is 4.92 Å². The summed E-state index contributed by atoms with van der Waals surface area (Å²) >= 11 is 0. The number of nitrogens with one attached hydrogen (secondary N) is 2. The summed E-state index contributed by atoms with van der Waals surface area (Å²) < 4.78 is 5.34. The fourth-order valence-electron chi connectivity index (χ4n) is 2.71. The highest BCUT2D eigenvalue weighted by Gasteiger charge is 2.06. The molecule has 7 heteroatoms. The van der Waals surface area contributed by atoms with Gasteiger partial charge in [-0.1, -0.05) is 17.7 Å². The van der Waals surface area contributed by atoms with Crippen molar-refractivity contribution < 1.29 is 14.5 Å². The van der Waals surface area contributed by atoms with Crippen molar-refractivity contribution in [1.82, 2.24) is 5.32 Å². The lowest BCUT2D eigenvalue weighted by Gasteiger charge is -2.10. The number of aryl methyl sites for hydroxylation is 1. The fourth-order valence-corrected chi connectivity index (χ4v) is 2.71. The molecule has 1 amide bonds. The Morgan fingerprint density at radius 3 is 2.56 bits per heavy atom. The second kappa shape index (κ2) is 10.2. The summed E-state index contributed by atoms with van der Waals surface area (Å²) in [4.78, 5) is 22.1. The average molecular weight is 371 g/mol. The smallest absolute Gasteiger partial charge is 0.269 e. The zero-order valence-corrected chi connectivity index (χ0v) is 15.7. The Morgan fingerprint density at radius 2 is 1.89 bits per heavy atom. The van der Waals surface area contributed by atoms with Crippen molar-refractivity contribution in [2.24, 2.45) is 0 Å². The van der Waals surface area contributed by atoms with Gasteiger partial charge in [0.25, 0.3) is 5.69 Å². The van der Waals surface area contributed by atoms with Crippen molar-refractivity contribution in [3.8, 4) is 5.75 Å². The minimum absolute atomic E-state index is 0.00659. The summed E-state index contributed by atoms with van der Waals surface area (Å²) in [5, 5.41) is 16.7. The van der Waals surface area contributed by atoms with Crippen molar-refractivity contribution in [3.63, 3.8) is 0 Å². The quantitative estimate of drug-likeness (QED) is 0.379. The molecular weight excluding hydrogens is 346 g/mol. The predicted molar refractivity (Wildman–Crippen MR) is 105 cm³/mol. The molecule has 0 fully saturated rings. The van der Waals surface area contributed by atoms with Crippen LogP contribution in [0.25, 0.3) is 0 Å². The number of hydrogen-bond donors (Lipinski definition) is 2. The van der Waals surface area contributed by atoms with Crippen molar-refractivity contribution in [1.29, 1.82) is 0 Å². The second-order valence-electron chi connectivity index (χ2n) is 6.25. The molecular formula is C20H25N3O4. The van der Waals surface area contributed by atoms with Crippen LogP contribution < -0.4 is 15.4 Å². The zero-order valence-electron chi connectivity index (χ0n) is 15.7. The van der Waals surface area contributed by atoms with E-state index >= 15 is 0 Å². The van der Waals surface area contributed by atoms with E-state index in [1.54, 1.807) is 19.2 Å². The Hall–Kier alpha value is -3.09. The Balaban J connectivity index is 1.65. The first-order valence-electron chi connectivity index (χ1n) is 8.88. The maximum atomic E-state index is 11.9. The molecule has 0 aliphatic heterocycles. The molecule has 0 aliphatic rings. The molecule has 0 aliphatic carbocycles. The number of rotatable bonds is 10. The highest BCUT2D eigenvalue weighted by Crippen LogP contribution is 2.19. The maximum Gasteiger partial charge on any atom is 0.269 e. The van der Waals surface area contributed by atoms with Gasteiger partial charge >= 0.3 is 0 Å². The van der Waals surface area contributed by atoms with Gasteiger partial charge in [0.15, 0.2) is 0 Å². The molecule has 0 unspecified atom stereocenters. The summed E-state index contributed by atoms with van der Waals surface area (Å²) in [5.74, 6) is 0.842. The minimum Gasteiger partial charge on any atom is -0.496 e. The third-order valence-corrected chi connectivity index (χ3v) is 4.14. The number of hydrogen-bond acceptors (Lipinski definition) is 5. The number of amides is 1. The first-order chi connectivity index (χ1) is 13.0. The highest BCUT2D eigenvalue weighted by molar-refractivity contribution is 5.75. The molecule has 0 saturated carbocycles. The van der Waals surface area contributed by atoms with Gasteiger partial charge in [0.05, 0.1) is 12.0 Å². The SMILES string of the molecule is COc1ccc(C)cc1CCNC(=O)CCCNc1ccc([N+](=O)[O-])cc1. The summed E-state index contributed by atoms with van der Waals surface area (Å²) in [5.41, 5.74) is 3.10. The standard InChI is InChI=1S/C20H25N3O4/c1-15-5-10-19(27-2)16(14-15)11-13-22-20(24)4-3-12-21-17-6-8-18(9-7-17)23(25)26/h5-10,14,21H,3-4,11-13H2,1-2H3,(H,22,24). The van der Waals surface area contributed by atoms with E-state index in [0.717, 1.165) is 29.0 Å². The van der Waals surface area contributed by atoms with E-state index in [1.807, 2.05) is 19.1 Å². The number of nitro groups is 1. The van der Waals surface area contributed by atoms with Gasteiger partial charge in [-0.05, 0) is 43.5 Å². The van der Waals surface area contributed by atoms with Crippen LogP contribution in [-0.4, -0.2) is 31.0 Å². The monoisotopic (exact) mass is 371 g/mol. The Bertz CT molecular complexity index is 775. The molecule has 7 nitrogen and oxygen atoms in total. The van der Waals surface area contributed by atoms with E-state index in [0.29, 0.717) is 25.9 Å². The number of carbonyl (C=O) groups excluding carboxylic acids is 1. The Kier molecular flexibility index (Phi) is 7.61. The lowest BCUT2D eigenvalue weighted by atomic mass is 10.1. The van der Waals surface area contributed by atoms with Gasteiger partial charge in [-0.3, -0.25) is 14.9 Å². The number of non-ortho nitro benzene ring substituents is 1. The van der Waals surface area contributed by atoms with E-state index in [9.17, 15) is 14.9 Å². The fraction of sp³-hybridized carbons (Fsp3) is 0.350. The highest BCUT2D eigenvalue weighted by atomic mass is 16.6. The number of methoxy groups -OCH3 is 1. The van der Waals surface area contributed by atoms with Crippen molar-refractivity contribution >= 4 is 17.3 Å². The molecule has 0 bridgehead atoms. The molecule has 27 heavy (non-hydrogen) atoms. The van der Waals surface area contributed by atoms with Crippen LogP contribution in [0, 0.1) is 17.0 Å². The Morgan fingerprint density at radius 1 is 1.15 bits per heavy atom. The van der Waals surface area contributed by atoms with Crippen molar-refractivity contribution in [2.45, 2.75) is 26.2 Å². The van der Waals surface area contributed by atoms with Gasteiger partial charge in [0.1, 0.15) is 5.75 Å². The topological polar surface area (TPSA) is 93.5 Å². The van der Waals surface area contributed by atoms with E-state index in [2.05, 4.69) is 16.7 Å². The van der Waals surface area contributed by atoms with Crippen LogP contribution in [0.4, 0.5) is 11.4 Å². The van der Waals surface area contributed by atoms with Crippen LogP contribution in [0.2, 0.25) is 0 Å². The van der Waals surface area contributed by atoms with Gasteiger partial charge in [-0.2, -0.15) is 0 Å². The van der Waals surface area contributed by atoms with Gasteiger partial charge in [-0.15, -0.1) is 0 Å². The van der Waals surface area contributed by atoms with Crippen LogP contribution in [0.1, 0.15) is 24.0 Å². The first-order valence-corrected chi connectivity index (χ1v) is 8.88. The molecule has 2 N–H and O–H groups in total. The van der Waals surface area contributed by atoms with E-state index in [-0.39, 0.29) is 11.6 Å². The summed E-state index contributed by atoms with van der Waals surface area (Å²) in [6.07, 6.45) is 1.82. The predicted octanol–water partition coefficient (Wildman–Crippen LogP) is 3.46. The van der Waals surface area contributed by atoms with Crippen molar-refractivity contribution in [3.05, 3.63) is 63.7 Å². The van der Waals surface area contributed by atoms with Crippen LogP contribution in [0.3, 0.4) is 0 Å². The number of nitrogens with zero attached hydrogens (tertiary/aromatic N) is 1. The van der Waals surface area contributed by atoms with Gasteiger partial charge < -0.3 is 15.4 Å². The normalized spacial score (nSPS) is 10.3. The third-order valence-electron chi connectivity index (χ3n) is 4.14. The Labute approximate surface area is 158 Å². The molecule has 0 heterocycles. The molecule has 2 aromatic carbocycles. The van der Waals surface area contributed by atoms with Gasteiger partial charge in [0, 0.05) is 37.3 Å². The van der Waals surface area contributed by atoms with Crippen LogP contribution in [0.5, 0.6) is 5.75 Å². The number of nitro benzene ring substituents is 1. The third kappa shape index (κ3) is 6.62. The second-order valence-corrected chi connectivity index (χ2v) is 6.25. The van der Waals surface area contributed by atoms with Crippen LogP contribution in [-0.2, 0) is 11.2 Å². The minimum atomic E-state index is -0.430. The number of benzene rings is 2. The molecule has 2 rings (SSSR count). The van der Waals surface area contributed by atoms with Crippen LogP contribution in [0.15, 0.2) is 42.5 Å². The number of carbonyl (C=O) groups is 1. The first kappa shape index (κ1) is 20.2. The summed E-state index contributed by atoms with van der Waals surface area (Å²) in [6.45, 7) is 3.21. The molecule has 0 aromatic heterocycles. The average Bonchev–Trinajstić information content (AvgIpc) is 2.66. The lowest BCUT2D eigenvalue weighted by molar-refractivity contribution is -0.384. The van der Waals surface area contributed by atoms with E-state index in [4.69, 9.17) is 4.74 Å². The summed E-state index contributed by atoms with van der Waals surface area (Å²) in [7, 11) is 1.64. The zero-order chi connectivity index (χ0) is 19.6. The largest absolute Gasteiger partial charge is 0.496 e. The number of anilines is 1. The molecule has 2 aromatic rings. The molecule has 0 atom stereocenters. The molecule has 0 spiro atoms. The maximum absolute atomic E-state index is 11.9. The van der Waals surface area contributed by atoms with Crippen molar-refractivity contribution in [2.75, 3.05) is 25.5 Å². The molecule has 0 radical (unpaired) electrons. The van der Waals surface area contributed by atoms with Crippen LogP contribution >= 0.6 is 0 Å². The number of ether oxygens (including phenoxy) is 1. The van der Waals surface area contributed by atoms with Gasteiger partial charge in [0.2, 0.25) is 5.91 Å². The molecule has 144 valence electrons. The molecule has 0 saturated heterocycles.